The number of fused-ring (bicyclic) bond motifs is 1. The monoisotopic (exact) mass is 299 g/mol. The SMILES string of the molecule is Cc1ccc2[nH]nc(C(=O)N(C)C(C)c3cccs3)c2c1. The molecule has 1 N–H and O–H groups in total. The number of nitrogens with zero attached hydrogens (tertiary/aromatic N) is 2. The van der Waals surface area contributed by atoms with Crippen molar-refractivity contribution < 1.29 is 4.79 Å². The summed E-state index contributed by atoms with van der Waals surface area (Å²) in [6, 6.07) is 10.0. The molecule has 2 aromatic heterocycles. The maximum Gasteiger partial charge on any atom is 0.275 e. The molecule has 0 radical (unpaired) electrons. The average Bonchev–Trinajstić information content (AvgIpc) is 3.13. The van der Waals surface area contributed by atoms with Gasteiger partial charge in [-0.15, -0.1) is 11.3 Å². The Bertz CT molecular complexity index is 776. The lowest BCUT2D eigenvalue weighted by molar-refractivity contribution is 0.0741. The second kappa shape index (κ2) is 5.33. The van der Waals surface area contributed by atoms with Crippen molar-refractivity contribution in [1.82, 2.24) is 15.1 Å². The van der Waals surface area contributed by atoms with Gasteiger partial charge in [0.25, 0.3) is 5.91 Å². The zero-order valence-electron chi connectivity index (χ0n) is 12.3. The molecule has 3 rings (SSSR count). The number of aryl methyl sites for hydroxylation is 1. The number of carbonyl (C=O) groups is 1. The Kier molecular flexibility index (Phi) is 3.51. The second-order valence-electron chi connectivity index (χ2n) is 5.23. The van der Waals surface area contributed by atoms with Crippen LogP contribution in [0, 0.1) is 6.92 Å². The fourth-order valence-electron chi connectivity index (χ4n) is 2.35. The van der Waals surface area contributed by atoms with Gasteiger partial charge in [0, 0.05) is 17.3 Å². The third-order valence-corrected chi connectivity index (χ3v) is 4.82. The van der Waals surface area contributed by atoms with Crippen LogP contribution in [0.15, 0.2) is 35.7 Å². The molecular formula is C16H17N3OS. The van der Waals surface area contributed by atoms with E-state index in [2.05, 4.69) is 10.2 Å². The minimum atomic E-state index is -0.0623. The smallest absolute Gasteiger partial charge is 0.275 e. The Morgan fingerprint density at radius 1 is 1.38 bits per heavy atom. The van der Waals surface area contributed by atoms with Crippen LogP contribution in [0.4, 0.5) is 0 Å². The molecule has 5 heteroatoms. The molecule has 2 heterocycles. The summed E-state index contributed by atoms with van der Waals surface area (Å²) < 4.78 is 0. The molecule has 1 aromatic carbocycles. The maximum atomic E-state index is 12.7. The Hall–Kier alpha value is -2.14. The molecular weight excluding hydrogens is 282 g/mol. The molecule has 0 spiro atoms. The van der Waals surface area contributed by atoms with Gasteiger partial charge in [-0.1, -0.05) is 17.7 Å². The predicted octanol–water partition coefficient (Wildman–Crippen LogP) is 3.77. The summed E-state index contributed by atoms with van der Waals surface area (Å²) in [6.07, 6.45) is 0. The van der Waals surface area contributed by atoms with E-state index >= 15 is 0 Å². The minimum absolute atomic E-state index is 0.0362. The summed E-state index contributed by atoms with van der Waals surface area (Å²) in [5, 5.41) is 10.0. The fraction of sp³-hybridized carbons (Fsp3) is 0.250. The molecule has 3 aromatic rings. The van der Waals surface area contributed by atoms with Crippen LogP contribution in [0.5, 0.6) is 0 Å². The van der Waals surface area contributed by atoms with E-state index in [4.69, 9.17) is 0 Å². The average molecular weight is 299 g/mol. The van der Waals surface area contributed by atoms with Gasteiger partial charge in [0.1, 0.15) is 0 Å². The number of hydrogen-bond donors (Lipinski definition) is 1. The Balaban J connectivity index is 1.95. The van der Waals surface area contributed by atoms with Gasteiger partial charge in [-0.05, 0) is 37.4 Å². The van der Waals surface area contributed by atoms with E-state index in [1.807, 2.05) is 56.6 Å². The molecule has 0 aliphatic rings. The van der Waals surface area contributed by atoms with Crippen LogP contribution in [0.3, 0.4) is 0 Å². The van der Waals surface area contributed by atoms with Crippen LogP contribution < -0.4 is 0 Å². The number of thiophene rings is 1. The van der Waals surface area contributed by atoms with Gasteiger partial charge in [-0.25, -0.2) is 0 Å². The summed E-state index contributed by atoms with van der Waals surface area (Å²) in [5.41, 5.74) is 2.49. The molecule has 108 valence electrons. The molecule has 1 atom stereocenters. The maximum absolute atomic E-state index is 12.7. The molecule has 4 nitrogen and oxygen atoms in total. The summed E-state index contributed by atoms with van der Waals surface area (Å²) >= 11 is 1.66. The van der Waals surface area contributed by atoms with Gasteiger partial charge < -0.3 is 4.90 Å². The van der Waals surface area contributed by atoms with Gasteiger partial charge in [-0.3, -0.25) is 9.89 Å². The van der Waals surface area contributed by atoms with Crippen molar-refractivity contribution in [2.45, 2.75) is 19.9 Å². The van der Waals surface area contributed by atoms with E-state index in [1.54, 1.807) is 16.2 Å². The molecule has 1 amide bonds. The Labute approximate surface area is 127 Å². The van der Waals surface area contributed by atoms with E-state index in [0.717, 1.165) is 16.5 Å². The number of aromatic amines is 1. The number of hydrogen-bond acceptors (Lipinski definition) is 3. The van der Waals surface area contributed by atoms with Crippen molar-refractivity contribution >= 4 is 28.1 Å². The zero-order chi connectivity index (χ0) is 15.0. The van der Waals surface area contributed by atoms with E-state index < -0.39 is 0 Å². The second-order valence-corrected chi connectivity index (χ2v) is 6.21. The lowest BCUT2D eigenvalue weighted by atomic mass is 10.1. The van der Waals surface area contributed by atoms with Crippen LogP contribution >= 0.6 is 11.3 Å². The molecule has 0 aliphatic heterocycles. The van der Waals surface area contributed by atoms with Crippen molar-refractivity contribution in [2.24, 2.45) is 0 Å². The summed E-state index contributed by atoms with van der Waals surface area (Å²) in [7, 11) is 1.82. The summed E-state index contributed by atoms with van der Waals surface area (Å²) in [6.45, 7) is 4.04. The first-order chi connectivity index (χ1) is 10.1. The van der Waals surface area contributed by atoms with Crippen LogP contribution in [-0.4, -0.2) is 28.1 Å². The summed E-state index contributed by atoms with van der Waals surface area (Å²) in [4.78, 5) is 15.6. The lowest BCUT2D eigenvalue weighted by Crippen LogP contribution is -2.29. The van der Waals surface area contributed by atoms with Gasteiger partial charge in [-0.2, -0.15) is 5.10 Å². The first kappa shape index (κ1) is 13.8. The largest absolute Gasteiger partial charge is 0.333 e. The standard InChI is InChI=1S/C16H17N3OS/c1-10-6-7-13-12(9-10)15(18-17-13)16(20)19(3)11(2)14-5-4-8-21-14/h4-9,11H,1-3H3,(H,17,18). The third-order valence-electron chi connectivity index (χ3n) is 3.78. The van der Waals surface area contributed by atoms with Crippen molar-refractivity contribution in [3.63, 3.8) is 0 Å². The van der Waals surface area contributed by atoms with Gasteiger partial charge in [0.15, 0.2) is 5.69 Å². The van der Waals surface area contributed by atoms with Gasteiger partial charge >= 0.3 is 0 Å². The first-order valence-corrected chi connectivity index (χ1v) is 7.71. The van der Waals surface area contributed by atoms with E-state index in [9.17, 15) is 4.79 Å². The molecule has 0 saturated carbocycles. The number of amides is 1. The highest BCUT2D eigenvalue weighted by molar-refractivity contribution is 7.10. The van der Waals surface area contributed by atoms with Crippen molar-refractivity contribution in [2.75, 3.05) is 7.05 Å². The van der Waals surface area contributed by atoms with Crippen LogP contribution in [0.1, 0.15) is 33.9 Å². The van der Waals surface area contributed by atoms with Crippen molar-refractivity contribution in [3.05, 3.63) is 51.8 Å². The van der Waals surface area contributed by atoms with E-state index in [1.165, 1.54) is 4.88 Å². The third kappa shape index (κ3) is 2.45. The van der Waals surface area contributed by atoms with Gasteiger partial charge in [0.05, 0.1) is 11.6 Å². The number of nitrogens with one attached hydrogen (secondary N) is 1. The normalized spacial score (nSPS) is 12.5. The number of aromatic nitrogens is 2. The first-order valence-electron chi connectivity index (χ1n) is 6.83. The molecule has 0 aliphatic carbocycles. The minimum Gasteiger partial charge on any atom is -0.333 e. The highest BCUT2D eigenvalue weighted by Gasteiger charge is 2.23. The van der Waals surface area contributed by atoms with E-state index in [-0.39, 0.29) is 11.9 Å². The lowest BCUT2D eigenvalue weighted by Gasteiger charge is -2.23. The molecule has 0 saturated heterocycles. The number of carbonyl (C=O) groups excluding carboxylic acids is 1. The molecule has 0 fully saturated rings. The topological polar surface area (TPSA) is 49.0 Å². The summed E-state index contributed by atoms with van der Waals surface area (Å²) in [5.74, 6) is -0.0623. The molecule has 21 heavy (non-hydrogen) atoms. The predicted molar refractivity (Wildman–Crippen MR) is 85.7 cm³/mol. The zero-order valence-corrected chi connectivity index (χ0v) is 13.1. The van der Waals surface area contributed by atoms with Crippen LogP contribution in [0.2, 0.25) is 0 Å². The number of rotatable bonds is 3. The highest BCUT2D eigenvalue weighted by atomic mass is 32.1. The molecule has 1 unspecified atom stereocenters. The van der Waals surface area contributed by atoms with Crippen LogP contribution in [-0.2, 0) is 0 Å². The number of benzene rings is 1. The quantitative estimate of drug-likeness (QED) is 0.800. The van der Waals surface area contributed by atoms with Gasteiger partial charge in [0.2, 0.25) is 0 Å². The fourth-order valence-corrected chi connectivity index (χ4v) is 3.18. The molecule has 0 bridgehead atoms. The van der Waals surface area contributed by atoms with E-state index in [0.29, 0.717) is 5.69 Å². The number of H-pyrrole nitrogens is 1. The Morgan fingerprint density at radius 2 is 2.19 bits per heavy atom. The van der Waals surface area contributed by atoms with Crippen LogP contribution in [0.25, 0.3) is 10.9 Å². The highest BCUT2D eigenvalue weighted by Crippen LogP contribution is 2.26. The van der Waals surface area contributed by atoms with Crippen molar-refractivity contribution in [3.8, 4) is 0 Å². The van der Waals surface area contributed by atoms with Crippen molar-refractivity contribution in [1.29, 1.82) is 0 Å². The Morgan fingerprint density at radius 3 is 2.90 bits per heavy atom.